The SMILES string of the molecule is CC(CN1C(=O)CNC1c1cccc(F)c1)N1CCCC1. The van der Waals surface area contributed by atoms with Crippen LogP contribution < -0.4 is 5.32 Å². The van der Waals surface area contributed by atoms with Gasteiger partial charge >= 0.3 is 0 Å². The second-order valence-electron chi connectivity index (χ2n) is 5.98. The molecule has 2 atom stereocenters. The molecular formula is C16H22FN3O. The molecule has 1 aromatic rings. The van der Waals surface area contributed by atoms with Crippen LogP contribution in [0, 0.1) is 5.82 Å². The highest BCUT2D eigenvalue weighted by Crippen LogP contribution is 2.24. The maximum atomic E-state index is 13.4. The van der Waals surface area contributed by atoms with E-state index in [1.54, 1.807) is 6.07 Å². The number of hydrogen-bond acceptors (Lipinski definition) is 3. The van der Waals surface area contributed by atoms with Crippen LogP contribution in [0.25, 0.3) is 0 Å². The second-order valence-corrected chi connectivity index (χ2v) is 5.98. The maximum absolute atomic E-state index is 13.4. The summed E-state index contributed by atoms with van der Waals surface area (Å²) in [7, 11) is 0. The van der Waals surface area contributed by atoms with E-state index in [9.17, 15) is 9.18 Å². The Bertz CT molecular complexity index is 516. The molecule has 21 heavy (non-hydrogen) atoms. The Balaban J connectivity index is 1.73. The number of nitrogens with zero attached hydrogens (tertiary/aromatic N) is 2. The van der Waals surface area contributed by atoms with Crippen LogP contribution in [0.3, 0.4) is 0 Å². The number of benzene rings is 1. The van der Waals surface area contributed by atoms with Gasteiger partial charge in [0.05, 0.1) is 6.54 Å². The van der Waals surface area contributed by atoms with Gasteiger partial charge in [-0.25, -0.2) is 4.39 Å². The third-order valence-electron chi connectivity index (χ3n) is 4.47. The monoisotopic (exact) mass is 291 g/mol. The molecule has 0 spiro atoms. The lowest BCUT2D eigenvalue weighted by Gasteiger charge is -2.31. The van der Waals surface area contributed by atoms with Gasteiger partial charge in [0, 0.05) is 12.6 Å². The minimum atomic E-state index is -0.263. The van der Waals surface area contributed by atoms with Gasteiger partial charge in [-0.2, -0.15) is 0 Å². The number of likely N-dealkylation sites (tertiary alicyclic amines) is 1. The van der Waals surface area contributed by atoms with Crippen LogP contribution in [0.1, 0.15) is 31.5 Å². The molecule has 2 fully saturated rings. The molecule has 1 aromatic carbocycles. The predicted molar refractivity (Wildman–Crippen MR) is 79.1 cm³/mol. The number of carbonyl (C=O) groups is 1. The van der Waals surface area contributed by atoms with E-state index >= 15 is 0 Å². The van der Waals surface area contributed by atoms with E-state index < -0.39 is 0 Å². The number of hydrogen-bond donors (Lipinski definition) is 1. The third kappa shape index (κ3) is 3.09. The molecule has 3 rings (SSSR count). The summed E-state index contributed by atoms with van der Waals surface area (Å²) in [4.78, 5) is 16.4. The summed E-state index contributed by atoms with van der Waals surface area (Å²) in [5, 5.41) is 3.19. The minimum absolute atomic E-state index is 0.0929. The zero-order valence-electron chi connectivity index (χ0n) is 12.4. The van der Waals surface area contributed by atoms with Crippen LogP contribution >= 0.6 is 0 Å². The van der Waals surface area contributed by atoms with E-state index in [1.807, 2.05) is 11.0 Å². The molecule has 2 unspecified atom stereocenters. The highest BCUT2D eigenvalue weighted by atomic mass is 19.1. The highest BCUT2D eigenvalue weighted by molar-refractivity contribution is 5.81. The number of amides is 1. The lowest BCUT2D eigenvalue weighted by atomic mass is 10.1. The first-order chi connectivity index (χ1) is 10.1. The van der Waals surface area contributed by atoms with Crippen molar-refractivity contribution in [2.24, 2.45) is 0 Å². The van der Waals surface area contributed by atoms with Crippen molar-refractivity contribution in [1.82, 2.24) is 15.1 Å². The van der Waals surface area contributed by atoms with Crippen LogP contribution in [0.15, 0.2) is 24.3 Å². The van der Waals surface area contributed by atoms with Gasteiger partial charge in [0.25, 0.3) is 0 Å². The van der Waals surface area contributed by atoms with E-state index in [0.29, 0.717) is 19.1 Å². The van der Waals surface area contributed by atoms with Crippen molar-refractivity contribution >= 4 is 5.91 Å². The van der Waals surface area contributed by atoms with Crippen molar-refractivity contribution in [2.45, 2.75) is 32.0 Å². The molecule has 4 nitrogen and oxygen atoms in total. The molecule has 2 aliphatic heterocycles. The van der Waals surface area contributed by atoms with Crippen LogP contribution in [0.4, 0.5) is 4.39 Å². The molecule has 2 heterocycles. The standard InChI is InChI=1S/C16H22FN3O/c1-12(19-7-2-3-8-19)11-20-15(21)10-18-16(20)13-5-4-6-14(17)9-13/h4-6,9,12,16,18H,2-3,7-8,10-11H2,1H3. The van der Waals surface area contributed by atoms with Crippen LogP contribution in [0.2, 0.25) is 0 Å². The summed E-state index contributed by atoms with van der Waals surface area (Å²) in [6.45, 7) is 5.41. The molecular weight excluding hydrogens is 269 g/mol. The van der Waals surface area contributed by atoms with Gasteiger partial charge in [-0.05, 0) is 50.6 Å². The van der Waals surface area contributed by atoms with Gasteiger partial charge < -0.3 is 4.90 Å². The van der Waals surface area contributed by atoms with Gasteiger partial charge in [0.1, 0.15) is 12.0 Å². The molecule has 0 bridgehead atoms. The Morgan fingerprint density at radius 2 is 2.14 bits per heavy atom. The molecule has 0 aromatic heterocycles. The average Bonchev–Trinajstić information content (AvgIpc) is 3.10. The van der Waals surface area contributed by atoms with Crippen LogP contribution in [-0.4, -0.2) is 47.9 Å². The molecule has 1 amide bonds. The van der Waals surface area contributed by atoms with Crippen molar-refractivity contribution in [3.8, 4) is 0 Å². The zero-order valence-corrected chi connectivity index (χ0v) is 12.4. The van der Waals surface area contributed by atoms with Crippen molar-refractivity contribution in [2.75, 3.05) is 26.2 Å². The predicted octanol–water partition coefficient (Wildman–Crippen LogP) is 1.74. The van der Waals surface area contributed by atoms with Crippen molar-refractivity contribution in [3.63, 3.8) is 0 Å². The average molecular weight is 291 g/mol. The van der Waals surface area contributed by atoms with Crippen molar-refractivity contribution in [3.05, 3.63) is 35.6 Å². The van der Waals surface area contributed by atoms with Gasteiger partial charge in [-0.3, -0.25) is 15.0 Å². The lowest BCUT2D eigenvalue weighted by molar-refractivity contribution is -0.128. The summed E-state index contributed by atoms with van der Waals surface area (Å²) in [5.41, 5.74) is 0.814. The number of carbonyl (C=O) groups excluding carboxylic acids is 1. The molecule has 5 heteroatoms. The Morgan fingerprint density at radius 3 is 2.86 bits per heavy atom. The van der Waals surface area contributed by atoms with Gasteiger partial charge in [-0.15, -0.1) is 0 Å². The first kappa shape index (κ1) is 14.5. The molecule has 0 aliphatic carbocycles. The van der Waals surface area contributed by atoms with Gasteiger partial charge in [0.2, 0.25) is 5.91 Å². The number of rotatable bonds is 4. The van der Waals surface area contributed by atoms with Crippen molar-refractivity contribution < 1.29 is 9.18 Å². The fourth-order valence-corrected chi connectivity index (χ4v) is 3.30. The minimum Gasteiger partial charge on any atom is -0.320 e. The Kier molecular flexibility index (Phi) is 4.22. The molecule has 0 radical (unpaired) electrons. The van der Waals surface area contributed by atoms with E-state index in [0.717, 1.165) is 18.7 Å². The summed E-state index contributed by atoms with van der Waals surface area (Å²) >= 11 is 0. The summed E-state index contributed by atoms with van der Waals surface area (Å²) < 4.78 is 13.4. The number of nitrogens with one attached hydrogen (secondary N) is 1. The first-order valence-corrected chi connectivity index (χ1v) is 7.67. The topological polar surface area (TPSA) is 35.6 Å². The number of halogens is 1. The Morgan fingerprint density at radius 1 is 1.38 bits per heavy atom. The molecule has 0 saturated carbocycles. The highest BCUT2D eigenvalue weighted by Gasteiger charge is 2.33. The quantitative estimate of drug-likeness (QED) is 0.918. The lowest BCUT2D eigenvalue weighted by Crippen LogP contribution is -2.43. The zero-order chi connectivity index (χ0) is 14.8. The maximum Gasteiger partial charge on any atom is 0.238 e. The summed E-state index contributed by atoms with van der Waals surface area (Å²) in [6.07, 6.45) is 2.27. The molecule has 2 aliphatic rings. The molecule has 2 saturated heterocycles. The smallest absolute Gasteiger partial charge is 0.238 e. The first-order valence-electron chi connectivity index (χ1n) is 7.67. The van der Waals surface area contributed by atoms with E-state index in [2.05, 4.69) is 17.1 Å². The summed E-state index contributed by atoms with van der Waals surface area (Å²) in [6, 6.07) is 6.83. The van der Waals surface area contributed by atoms with Crippen molar-refractivity contribution in [1.29, 1.82) is 0 Å². The second kappa shape index (κ2) is 6.12. The third-order valence-corrected chi connectivity index (χ3v) is 4.47. The molecule has 114 valence electrons. The van der Waals surface area contributed by atoms with Gasteiger partial charge in [0.15, 0.2) is 0 Å². The Labute approximate surface area is 124 Å². The van der Waals surface area contributed by atoms with E-state index in [4.69, 9.17) is 0 Å². The molecule has 1 N–H and O–H groups in total. The normalized spacial score (nSPS) is 24.8. The van der Waals surface area contributed by atoms with E-state index in [-0.39, 0.29) is 17.9 Å². The fraction of sp³-hybridized carbons (Fsp3) is 0.562. The van der Waals surface area contributed by atoms with E-state index in [1.165, 1.54) is 25.0 Å². The van der Waals surface area contributed by atoms with Crippen LogP contribution in [-0.2, 0) is 4.79 Å². The van der Waals surface area contributed by atoms with Crippen LogP contribution in [0.5, 0.6) is 0 Å². The Hall–Kier alpha value is -1.46. The van der Waals surface area contributed by atoms with Gasteiger partial charge in [-0.1, -0.05) is 12.1 Å². The fourth-order valence-electron chi connectivity index (χ4n) is 3.30. The summed E-state index contributed by atoms with van der Waals surface area (Å²) in [5.74, 6) is -0.170. The largest absolute Gasteiger partial charge is 0.320 e.